The van der Waals surface area contributed by atoms with E-state index in [0.29, 0.717) is 50.7 Å². The van der Waals surface area contributed by atoms with Crippen molar-refractivity contribution in [3.05, 3.63) is 78.0 Å². The van der Waals surface area contributed by atoms with Crippen LogP contribution in [0.15, 0.2) is 66.9 Å². The first-order valence-corrected chi connectivity index (χ1v) is 13.6. The zero-order valence-electron chi connectivity index (χ0n) is 24.6. The van der Waals surface area contributed by atoms with Crippen molar-refractivity contribution in [3.63, 3.8) is 0 Å². The van der Waals surface area contributed by atoms with E-state index in [9.17, 15) is 20.0 Å². The van der Waals surface area contributed by atoms with Crippen molar-refractivity contribution in [1.29, 1.82) is 5.26 Å². The van der Waals surface area contributed by atoms with Gasteiger partial charge in [-0.05, 0) is 48.0 Å². The van der Waals surface area contributed by atoms with Gasteiger partial charge in [0.1, 0.15) is 18.3 Å². The van der Waals surface area contributed by atoms with Crippen molar-refractivity contribution in [2.75, 3.05) is 28.4 Å². The van der Waals surface area contributed by atoms with Gasteiger partial charge in [0, 0.05) is 34.5 Å². The van der Waals surface area contributed by atoms with Gasteiger partial charge in [0.2, 0.25) is 5.75 Å². The number of methoxy groups -OCH3 is 4. The highest BCUT2D eigenvalue weighted by atomic mass is 16.5. The standard InChI is InChI=1S/C33H30N4O7/c1-41-21-9-10-25-23(16-21)24(17-26(35-25)19-14-29(42-2)31(44-4)30(15-19)43-3)32(38)36-27(33(39)40)13-20-18-37(12-11-34)28-8-6-5-7-22(20)28/h5-10,14-18,27H,12-13H2,1-4H3,(H,36,38)(H,39,40)/t27-/m1/s1. The number of para-hydroxylation sites is 1. The number of fused-ring (bicyclic) bond motifs is 2. The molecule has 0 bridgehead atoms. The number of nitriles is 1. The number of carboxylic acid groups (broad SMARTS) is 1. The van der Waals surface area contributed by atoms with E-state index >= 15 is 0 Å². The van der Waals surface area contributed by atoms with Gasteiger partial charge in [-0.2, -0.15) is 5.26 Å². The van der Waals surface area contributed by atoms with Gasteiger partial charge in [-0.3, -0.25) is 4.79 Å². The molecule has 5 aromatic rings. The topological polar surface area (TPSA) is 145 Å². The fourth-order valence-electron chi connectivity index (χ4n) is 5.25. The van der Waals surface area contributed by atoms with E-state index in [1.165, 1.54) is 28.4 Å². The largest absolute Gasteiger partial charge is 0.497 e. The zero-order chi connectivity index (χ0) is 31.4. The van der Waals surface area contributed by atoms with Crippen LogP contribution >= 0.6 is 0 Å². The van der Waals surface area contributed by atoms with Crippen LogP contribution in [0, 0.1) is 11.3 Å². The maximum absolute atomic E-state index is 13.9. The van der Waals surface area contributed by atoms with E-state index in [2.05, 4.69) is 11.4 Å². The van der Waals surface area contributed by atoms with Crippen LogP contribution in [0.1, 0.15) is 15.9 Å². The summed E-state index contributed by atoms with van der Waals surface area (Å²) in [6.07, 6.45) is 1.76. The highest BCUT2D eigenvalue weighted by molar-refractivity contribution is 6.08. The molecule has 0 saturated carbocycles. The zero-order valence-corrected chi connectivity index (χ0v) is 24.6. The number of aromatic nitrogens is 2. The molecule has 2 heterocycles. The van der Waals surface area contributed by atoms with E-state index in [1.807, 2.05) is 24.3 Å². The fraction of sp³-hybridized carbons (Fsp3) is 0.212. The smallest absolute Gasteiger partial charge is 0.326 e. The lowest BCUT2D eigenvalue weighted by molar-refractivity contribution is -0.139. The van der Waals surface area contributed by atoms with Crippen molar-refractivity contribution in [1.82, 2.24) is 14.9 Å². The second-order valence-corrected chi connectivity index (χ2v) is 9.88. The second kappa shape index (κ2) is 12.6. The Hall–Kier alpha value is -5.76. The van der Waals surface area contributed by atoms with E-state index in [1.54, 1.807) is 47.2 Å². The predicted molar refractivity (Wildman–Crippen MR) is 164 cm³/mol. The molecule has 0 radical (unpaired) electrons. The Morgan fingerprint density at radius 1 is 0.955 bits per heavy atom. The average Bonchev–Trinajstić information content (AvgIpc) is 3.39. The Morgan fingerprint density at radius 2 is 1.68 bits per heavy atom. The summed E-state index contributed by atoms with van der Waals surface area (Å²) in [5.74, 6) is -0.0719. The summed E-state index contributed by atoms with van der Waals surface area (Å²) in [6.45, 7) is 0.110. The molecular formula is C33H30N4O7. The van der Waals surface area contributed by atoms with Crippen LogP contribution < -0.4 is 24.3 Å². The monoisotopic (exact) mass is 594 g/mol. The molecule has 0 unspecified atom stereocenters. The molecule has 2 aromatic heterocycles. The van der Waals surface area contributed by atoms with Crippen LogP contribution in [-0.2, 0) is 17.8 Å². The molecule has 0 aliphatic heterocycles. The Labute approximate surface area is 253 Å². The first kappa shape index (κ1) is 29.7. The summed E-state index contributed by atoms with van der Waals surface area (Å²) in [5, 5.41) is 23.4. The summed E-state index contributed by atoms with van der Waals surface area (Å²) in [4.78, 5) is 31.1. The van der Waals surface area contributed by atoms with Crippen LogP contribution in [0.2, 0.25) is 0 Å². The molecule has 3 aromatic carbocycles. The number of carbonyl (C=O) groups is 2. The maximum Gasteiger partial charge on any atom is 0.326 e. The van der Waals surface area contributed by atoms with E-state index in [4.69, 9.17) is 23.9 Å². The molecular weight excluding hydrogens is 564 g/mol. The second-order valence-electron chi connectivity index (χ2n) is 9.88. The first-order chi connectivity index (χ1) is 21.3. The van der Waals surface area contributed by atoms with Crippen LogP contribution in [0.3, 0.4) is 0 Å². The van der Waals surface area contributed by atoms with Gasteiger partial charge < -0.3 is 33.9 Å². The summed E-state index contributed by atoms with van der Waals surface area (Å²) in [6, 6.07) is 18.5. The molecule has 1 atom stereocenters. The molecule has 5 rings (SSSR count). The van der Waals surface area contributed by atoms with Gasteiger partial charge in [-0.25, -0.2) is 9.78 Å². The molecule has 0 fully saturated rings. The van der Waals surface area contributed by atoms with Crippen molar-refractivity contribution in [3.8, 4) is 40.3 Å². The quantitative estimate of drug-likeness (QED) is 0.219. The summed E-state index contributed by atoms with van der Waals surface area (Å²) < 4.78 is 23.6. The number of rotatable bonds is 11. The molecule has 0 aliphatic rings. The van der Waals surface area contributed by atoms with Gasteiger partial charge in [0.25, 0.3) is 5.91 Å². The first-order valence-electron chi connectivity index (χ1n) is 13.6. The van der Waals surface area contributed by atoms with Gasteiger partial charge >= 0.3 is 5.97 Å². The number of hydrogen-bond acceptors (Lipinski definition) is 8. The van der Waals surface area contributed by atoms with Gasteiger partial charge in [-0.15, -0.1) is 0 Å². The third-order valence-corrected chi connectivity index (χ3v) is 7.36. The number of benzene rings is 3. The van der Waals surface area contributed by atoms with Gasteiger partial charge in [0.15, 0.2) is 11.5 Å². The number of pyridine rings is 1. The van der Waals surface area contributed by atoms with Crippen molar-refractivity contribution in [2.45, 2.75) is 19.0 Å². The van der Waals surface area contributed by atoms with E-state index in [-0.39, 0.29) is 18.5 Å². The predicted octanol–water partition coefficient (Wildman–Crippen LogP) is 4.84. The molecule has 2 N–H and O–H groups in total. The summed E-state index contributed by atoms with van der Waals surface area (Å²) in [7, 11) is 6.03. The Morgan fingerprint density at radius 3 is 2.32 bits per heavy atom. The van der Waals surface area contributed by atoms with E-state index < -0.39 is 17.9 Å². The third kappa shape index (κ3) is 5.65. The molecule has 0 spiro atoms. The Balaban J connectivity index is 1.58. The van der Waals surface area contributed by atoms with Crippen LogP contribution in [0.4, 0.5) is 0 Å². The number of carbonyl (C=O) groups excluding carboxylic acids is 1. The number of aliphatic carboxylic acids is 1. The van der Waals surface area contributed by atoms with Gasteiger partial charge in [-0.1, -0.05) is 18.2 Å². The molecule has 224 valence electrons. The molecule has 0 aliphatic carbocycles. The molecule has 11 heteroatoms. The lowest BCUT2D eigenvalue weighted by Crippen LogP contribution is -2.42. The molecule has 0 saturated heterocycles. The molecule has 1 amide bonds. The number of nitrogens with zero attached hydrogens (tertiary/aromatic N) is 3. The number of ether oxygens (including phenoxy) is 4. The highest BCUT2D eigenvalue weighted by Crippen LogP contribution is 2.41. The maximum atomic E-state index is 13.9. The van der Waals surface area contributed by atoms with Crippen LogP contribution in [0.5, 0.6) is 23.0 Å². The lowest BCUT2D eigenvalue weighted by Gasteiger charge is -2.17. The van der Waals surface area contributed by atoms with Crippen molar-refractivity contribution < 1.29 is 33.6 Å². The SMILES string of the molecule is COc1ccc2nc(-c3cc(OC)c(OC)c(OC)c3)cc(C(=O)N[C@H](Cc3cn(CC#N)c4ccccc34)C(=O)O)c2c1. The normalized spacial score (nSPS) is 11.5. The molecule has 11 nitrogen and oxygen atoms in total. The number of carboxylic acids is 1. The van der Waals surface area contributed by atoms with Crippen LogP contribution in [0.25, 0.3) is 33.1 Å². The number of hydrogen-bond donors (Lipinski definition) is 2. The minimum Gasteiger partial charge on any atom is -0.497 e. The van der Waals surface area contributed by atoms with E-state index in [0.717, 1.165) is 10.9 Å². The average molecular weight is 595 g/mol. The van der Waals surface area contributed by atoms with Crippen molar-refractivity contribution >= 4 is 33.7 Å². The summed E-state index contributed by atoms with van der Waals surface area (Å²) in [5.41, 5.74) is 3.22. The summed E-state index contributed by atoms with van der Waals surface area (Å²) >= 11 is 0. The third-order valence-electron chi connectivity index (χ3n) is 7.36. The minimum atomic E-state index is -1.26. The highest BCUT2D eigenvalue weighted by Gasteiger charge is 2.25. The fourth-order valence-corrected chi connectivity index (χ4v) is 5.25. The van der Waals surface area contributed by atoms with Crippen LogP contribution in [-0.4, -0.2) is 61.0 Å². The van der Waals surface area contributed by atoms with Crippen molar-refractivity contribution in [2.24, 2.45) is 0 Å². The molecule has 44 heavy (non-hydrogen) atoms. The lowest BCUT2D eigenvalue weighted by atomic mass is 10.0. The Kier molecular flexibility index (Phi) is 8.53. The Bertz CT molecular complexity index is 1900. The van der Waals surface area contributed by atoms with Gasteiger partial charge in [0.05, 0.1) is 51.3 Å². The number of nitrogens with one attached hydrogen (secondary N) is 1. The number of amides is 1. The minimum absolute atomic E-state index is 0.00604.